The molecule has 3 heteroatoms. The van der Waals surface area contributed by atoms with E-state index in [9.17, 15) is 4.79 Å². The number of aryl methyl sites for hydroxylation is 2. The minimum absolute atomic E-state index is 0.325. The number of pyridine rings is 1. The van der Waals surface area contributed by atoms with Crippen LogP contribution in [0.5, 0.6) is 0 Å². The maximum absolute atomic E-state index is 12.0. The summed E-state index contributed by atoms with van der Waals surface area (Å²) in [5.41, 5.74) is 4.65. The lowest BCUT2D eigenvalue weighted by Crippen LogP contribution is -1.98. The predicted molar refractivity (Wildman–Crippen MR) is 82.2 cm³/mol. The van der Waals surface area contributed by atoms with Crippen molar-refractivity contribution in [1.82, 2.24) is 4.98 Å². The highest BCUT2D eigenvalue weighted by atomic mass is 16.5. The third-order valence-electron chi connectivity index (χ3n) is 3.38. The molecule has 1 aromatic heterocycles. The van der Waals surface area contributed by atoms with Gasteiger partial charge in [-0.3, -0.25) is 4.98 Å². The predicted octanol–water partition coefficient (Wildman–Crippen LogP) is 3.68. The Kier molecular flexibility index (Phi) is 3.40. The van der Waals surface area contributed by atoms with Crippen molar-refractivity contribution in [1.29, 1.82) is 0 Å². The zero-order valence-electron chi connectivity index (χ0n) is 12.0. The Morgan fingerprint density at radius 1 is 1.19 bits per heavy atom. The van der Waals surface area contributed by atoms with E-state index in [2.05, 4.69) is 11.1 Å². The maximum Gasteiger partial charge on any atom is 0.343 e. The van der Waals surface area contributed by atoms with Crippen molar-refractivity contribution in [3.63, 3.8) is 0 Å². The number of benzene rings is 1. The molecule has 0 saturated carbocycles. The van der Waals surface area contributed by atoms with Crippen LogP contribution >= 0.6 is 0 Å². The van der Waals surface area contributed by atoms with Gasteiger partial charge in [-0.25, -0.2) is 4.79 Å². The summed E-state index contributed by atoms with van der Waals surface area (Å²) in [4.78, 5) is 16.0. The van der Waals surface area contributed by atoms with E-state index in [0.717, 1.165) is 16.7 Å². The van der Waals surface area contributed by atoms with E-state index in [0.29, 0.717) is 11.3 Å². The van der Waals surface area contributed by atoms with Gasteiger partial charge in [-0.05, 0) is 43.2 Å². The summed E-state index contributed by atoms with van der Waals surface area (Å²) in [5.74, 6) is 0.279. The van der Waals surface area contributed by atoms with Crippen LogP contribution in [0.25, 0.3) is 11.8 Å². The molecule has 0 saturated heterocycles. The molecule has 21 heavy (non-hydrogen) atoms. The highest BCUT2D eigenvalue weighted by Gasteiger charge is 2.22. The average molecular weight is 277 g/mol. The SMILES string of the molecule is Cc1ccc(C2=CC(=Cc3cccnc3)C(=O)O2)c(C)c1. The third-order valence-corrected chi connectivity index (χ3v) is 3.38. The van der Waals surface area contributed by atoms with Crippen molar-refractivity contribution < 1.29 is 9.53 Å². The average Bonchev–Trinajstić information content (AvgIpc) is 2.81. The lowest BCUT2D eigenvalue weighted by atomic mass is 10.0. The Balaban J connectivity index is 1.97. The third kappa shape index (κ3) is 2.77. The van der Waals surface area contributed by atoms with E-state index in [4.69, 9.17) is 4.74 Å². The number of aromatic nitrogens is 1. The van der Waals surface area contributed by atoms with Crippen LogP contribution in [0.4, 0.5) is 0 Å². The second-order valence-electron chi connectivity index (χ2n) is 5.10. The van der Waals surface area contributed by atoms with E-state index in [1.54, 1.807) is 24.5 Å². The Bertz CT molecular complexity index is 758. The van der Waals surface area contributed by atoms with Gasteiger partial charge in [-0.15, -0.1) is 0 Å². The molecule has 0 unspecified atom stereocenters. The number of cyclic esters (lactones) is 1. The fourth-order valence-electron chi connectivity index (χ4n) is 2.35. The summed E-state index contributed by atoms with van der Waals surface area (Å²) in [5, 5.41) is 0. The van der Waals surface area contributed by atoms with E-state index in [1.165, 1.54) is 5.56 Å². The minimum atomic E-state index is -0.325. The summed E-state index contributed by atoms with van der Waals surface area (Å²) < 4.78 is 5.39. The lowest BCUT2D eigenvalue weighted by molar-refractivity contribution is -0.130. The molecule has 0 N–H and O–H groups in total. The van der Waals surface area contributed by atoms with Crippen molar-refractivity contribution in [2.24, 2.45) is 0 Å². The van der Waals surface area contributed by atoms with Crippen LogP contribution in [0.3, 0.4) is 0 Å². The molecule has 0 atom stereocenters. The topological polar surface area (TPSA) is 39.2 Å². The molecule has 0 fully saturated rings. The standard InChI is InChI=1S/C18H15NO2/c1-12-5-6-16(13(2)8-12)17-10-15(18(20)21-17)9-14-4-3-7-19-11-14/h3-11H,1-2H3. The number of rotatable bonds is 2. The molecule has 2 heterocycles. The second kappa shape index (κ2) is 5.37. The molecular weight excluding hydrogens is 262 g/mol. The zero-order valence-corrected chi connectivity index (χ0v) is 12.0. The number of carbonyl (C=O) groups excluding carboxylic acids is 1. The number of hydrogen-bond acceptors (Lipinski definition) is 3. The molecule has 104 valence electrons. The Morgan fingerprint density at radius 2 is 2.05 bits per heavy atom. The first-order chi connectivity index (χ1) is 10.1. The van der Waals surface area contributed by atoms with Gasteiger partial charge in [0.05, 0.1) is 5.57 Å². The van der Waals surface area contributed by atoms with Gasteiger partial charge in [0.2, 0.25) is 0 Å². The fourth-order valence-corrected chi connectivity index (χ4v) is 2.35. The van der Waals surface area contributed by atoms with Crippen LogP contribution in [-0.2, 0) is 9.53 Å². The normalized spacial score (nSPS) is 16.0. The van der Waals surface area contributed by atoms with Gasteiger partial charge >= 0.3 is 5.97 Å². The highest BCUT2D eigenvalue weighted by molar-refractivity contribution is 6.05. The molecule has 2 aromatic rings. The fraction of sp³-hybridized carbons (Fsp3) is 0.111. The number of nitrogens with zero attached hydrogens (tertiary/aromatic N) is 1. The molecule has 0 spiro atoms. The van der Waals surface area contributed by atoms with E-state index in [1.807, 2.05) is 38.1 Å². The number of hydrogen-bond donors (Lipinski definition) is 0. The first-order valence-electron chi connectivity index (χ1n) is 6.77. The number of ether oxygens (including phenoxy) is 1. The van der Waals surface area contributed by atoms with E-state index < -0.39 is 0 Å². The second-order valence-corrected chi connectivity index (χ2v) is 5.10. The maximum atomic E-state index is 12.0. The van der Waals surface area contributed by atoms with Crippen LogP contribution in [0.1, 0.15) is 22.3 Å². The zero-order chi connectivity index (χ0) is 14.8. The minimum Gasteiger partial charge on any atom is -0.422 e. The van der Waals surface area contributed by atoms with Crippen molar-refractivity contribution in [3.05, 3.63) is 76.6 Å². The molecule has 0 amide bonds. The Hall–Kier alpha value is -2.68. The molecule has 1 aromatic carbocycles. The summed E-state index contributed by atoms with van der Waals surface area (Å²) in [6.07, 6.45) is 6.98. The van der Waals surface area contributed by atoms with Crippen molar-refractivity contribution in [2.45, 2.75) is 13.8 Å². The van der Waals surface area contributed by atoms with Crippen LogP contribution in [-0.4, -0.2) is 11.0 Å². The molecule has 3 rings (SSSR count). The number of carbonyl (C=O) groups is 1. The van der Waals surface area contributed by atoms with Gasteiger partial charge in [0.25, 0.3) is 0 Å². The van der Waals surface area contributed by atoms with Gasteiger partial charge in [0.15, 0.2) is 0 Å². The Labute approximate surface area is 123 Å². The lowest BCUT2D eigenvalue weighted by Gasteiger charge is -2.06. The van der Waals surface area contributed by atoms with Gasteiger partial charge in [0, 0.05) is 18.0 Å². The first-order valence-corrected chi connectivity index (χ1v) is 6.77. The van der Waals surface area contributed by atoms with Crippen molar-refractivity contribution in [2.75, 3.05) is 0 Å². The Morgan fingerprint density at radius 3 is 2.76 bits per heavy atom. The van der Waals surface area contributed by atoms with Crippen LogP contribution in [0.15, 0.2) is 54.4 Å². The van der Waals surface area contributed by atoms with Gasteiger partial charge < -0.3 is 4.74 Å². The first kappa shape index (κ1) is 13.3. The van der Waals surface area contributed by atoms with Crippen LogP contribution < -0.4 is 0 Å². The highest BCUT2D eigenvalue weighted by Crippen LogP contribution is 2.29. The summed E-state index contributed by atoms with van der Waals surface area (Å²) in [6, 6.07) is 9.81. The largest absolute Gasteiger partial charge is 0.422 e. The van der Waals surface area contributed by atoms with E-state index in [-0.39, 0.29) is 5.97 Å². The van der Waals surface area contributed by atoms with Crippen LogP contribution in [0, 0.1) is 13.8 Å². The van der Waals surface area contributed by atoms with Gasteiger partial charge in [-0.2, -0.15) is 0 Å². The summed E-state index contributed by atoms with van der Waals surface area (Å²) in [6.45, 7) is 4.05. The van der Waals surface area contributed by atoms with Gasteiger partial charge in [-0.1, -0.05) is 29.8 Å². The molecule has 0 aliphatic carbocycles. The van der Waals surface area contributed by atoms with Crippen molar-refractivity contribution in [3.8, 4) is 0 Å². The molecule has 1 aliphatic rings. The number of esters is 1. The van der Waals surface area contributed by atoms with Crippen LogP contribution in [0.2, 0.25) is 0 Å². The molecule has 3 nitrogen and oxygen atoms in total. The molecule has 0 bridgehead atoms. The smallest absolute Gasteiger partial charge is 0.343 e. The van der Waals surface area contributed by atoms with Crippen molar-refractivity contribution >= 4 is 17.8 Å². The monoisotopic (exact) mass is 277 g/mol. The molecule has 0 radical (unpaired) electrons. The van der Waals surface area contributed by atoms with E-state index >= 15 is 0 Å². The summed E-state index contributed by atoms with van der Waals surface area (Å²) >= 11 is 0. The molecular formula is C18H15NO2. The quantitative estimate of drug-likeness (QED) is 0.621. The summed E-state index contributed by atoms with van der Waals surface area (Å²) in [7, 11) is 0. The molecule has 1 aliphatic heterocycles. The van der Waals surface area contributed by atoms with Gasteiger partial charge in [0.1, 0.15) is 5.76 Å².